The minimum absolute atomic E-state index is 0.0152. The molecule has 2 aliphatic rings. The smallest absolute Gasteiger partial charge is 0.354 e. The second-order valence-electron chi connectivity index (χ2n) is 9.54. The van der Waals surface area contributed by atoms with Gasteiger partial charge in [-0.2, -0.15) is 0 Å². The van der Waals surface area contributed by atoms with Crippen LogP contribution in [0, 0.1) is 0 Å². The van der Waals surface area contributed by atoms with E-state index in [1.165, 1.54) is 13.8 Å². The quantitative estimate of drug-likeness (QED) is 0.529. The lowest BCUT2D eigenvalue weighted by molar-refractivity contribution is 0.0779. The average molecular weight is 480 g/mol. The number of amides is 2. The number of rotatable bonds is 4. The van der Waals surface area contributed by atoms with Crippen LogP contribution in [-0.4, -0.2) is 30.4 Å². The molecule has 0 spiro atoms. The zero-order valence-corrected chi connectivity index (χ0v) is 20.3. The fourth-order valence-electron chi connectivity index (χ4n) is 4.36. The highest BCUT2D eigenvalue weighted by Crippen LogP contribution is 2.44. The number of urea groups is 1. The van der Waals surface area contributed by atoms with Crippen molar-refractivity contribution in [1.29, 1.82) is 0 Å². The molecule has 1 atom stereocenters. The Morgan fingerprint density at radius 2 is 2.00 bits per heavy atom. The van der Waals surface area contributed by atoms with Crippen LogP contribution < -0.4 is 10.5 Å². The zero-order chi connectivity index (χ0) is 23.5. The van der Waals surface area contributed by atoms with Gasteiger partial charge in [-0.1, -0.05) is 13.8 Å². The number of nitrogens with two attached hydrogens (primary N) is 1. The van der Waals surface area contributed by atoms with Crippen molar-refractivity contribution in [1.82, 2.24) is 9.97 Å². The summed E-state index contributed by atoms with van der Waals surface area (Å²) in [6.45, 7) is 6.80. The first-order valence-corrected chi connectivity index (χ1v) is 13.0. The first-order chi connectivity index (χ1) is 14.8. The van der Waals surface area contributed by atoms with Gasteiger partial charge in [0.25, 0.3) is 0 Å². The van der Waals surface area contributed by atoms with Gasteiger partial charge in [-0.3, -0.25) is 4.98 Å². The maximum Gasteiger partial charge on any atom is 0.354 e. The summed E-state index contributed by atoms with van der Waals surface area (Å²) >= 11 is 0.881. The summed E-state index contributed by atoms with van der Waals surface area (Å²) in [7, 11) is -3.68. The predicted octanol–water partition coefficient (Wildman–Crippen LogP) is 2.90. The van der Waals surface area contributed by atoms with Crippen LogP contribution in [0.3, 0.4) is 0 Å². The van der Waals surface area contributed by atoms with Crippen LogP contribution in [-0.2, 0) is 46.8 Å². The molecular formula is C21H29N5O4S2. The first kappa shape index (κ1) is 23.2. The second-order valence-corrected chi connectivity index (χ2v) is 12.5. The number of fused-ring (bicyclic) bond motifs is 2. The molecule has 2 aliphatic carbocycles. The van der Waals surface area contributed by atoms with Crippen LogP contribution in [0.2, 0.25) is 0 Å². The highest BCUT2D eigenvalue weighted by molar-refractivity contribution is 7.93. The Morgan fingerprint density at radius 3 is 2.66 bits per heavy atom. The number of aromatic nitrogens is 2. The van der Waals surface area contributed by atoms with Gasteiger partial charge in [0.2, 0.25) is 0 Å². The molecule has 32 heavy (non-hydrogen) atoms. The molecule has 2 aromatic rings. The van der Waals surface area contributed by atoms with Gasteiger partial charge in [0.05, 0.1) is 23.7 Å². The molecular weight excluding hydrogens is 450 g/mol. The molecule has 11 heteroatoms. The van der Waals surface area contributed by atoms with E-state index in [0.29, 0.717) is 0 Å². The van der Waals surface area contributed by atoms with Crippen LogP contribution >= 0.6 is 11.3 Å². The van der Waals surface area contributed by atoms with E-state index in [1.54, 1.807) is 0 Å². The Morgan fingerprint density at radius 1 is 1.28 bits per heavy atom. The topological polar surface area (TPSA) is 151 Å². The van der Waals surface area contributed by atoms with Crippen molar-refractivity contribution in [2.75, 3.05) is 5.32 Å². The number of thiazole rings is 1. The molecule has 0 fully saturated rings. The average Bonchev–Trinajstić information content (AvgIpc) is 3.38. The summed E-state index contributed by atoms with van der Waals surface area (Å²) in [4.78, 5) is 21.9. The van der Waals surface area contributed by atoms with Crippen LogP contribution in [0.5, 0.6) is 0 Å². The molecule has 5 N–H and O–H groups in total. The fourth-order valence-corrected chi connectivity index (χ4v) is 6.81. The van der Waals surface area contributed by atoms with E-state index in [4.69, 9.17) is 10.1 Å². The number of hydrogen-bond acceptors (Lipinski definition) is 7. The van der Waals surface area contributed by atoms with Gasteiger partial charge in [-0.05, 0) is 57.1 Å². The van der Waals surface area contributed by atoms with E-state index in [1.807, 2.05) is 0 Å². The first-order valence-electron chi connectivity index (χ1n) is 10.6. The number of aliphatic hydroxyl groups excluding tert-OH is 1. The molecule has 1 unspecified atom stereocenters. The molecule has 2 amide bonds. The normalized spacial score (nSPS) is 18.7. The Bertz CT molecular complexity index is 1220. The number of anilines is 1. The standard InChI is InChI=1S/C21H29N5O4S2/c1-20(2)9-8-12-15(11-6-5-7-13(11)23-16(12)20)25-19(28)26-32(22,30)17-14(10-27)24-18(31-17)21(3,4)29/h27,29H,5-10H2,1-4H3,(H3,22,23,25,26,28,30). The van der Waals surface area contributed by atoms with Gasteiger partial charge in [0.1, 0.15) is 14.8 Å². The summed E-state index contributed by atoms with van der Waals surface area (Å²) in [5.74, 6) is 0. The molecule has 4 rings (SSSR count). The molecule has 0 saturated heterocycles. The molecule has 174 valence electrons. The Balaban J connectivity index is 1.72. The fraction of sp³-hybridized carbons (Fsp3) is 0.571. The van der Waals surface area contributed by atoms with E-state index < -0.39 is 28.2 Å². The Hall–Kier alpha value is -1.92. The number of aryl methyl sites for hydroxylation is 1. The monoisotopic (exact) mass is 479 g/mol. The molecule has 0 aromatic carbocycles. The van der Waals surface area contributed by atoms with Gasteiger partial charge in [0, 0.05) is 11.1 Å². The molecule has 0 aliphatic heterocycles. The third-order valence-corrected chi connectivity index (χ3v) is 9.39. The van der Waals surface area contributed by atoms with Gasteiger partial charge >= 0.3 is 6.03 Å². The number of nitrogens with zero attached hydrogens (tertiary/aromatic N) is 3. The van der Waals surface area contributed by atoms with E-state index in [9.17, 15) is 19.2 Å². The molecule has 2 aromatic heterocycles. The van der Waals surface area contributed by atoms with Gasteiger partial charge < -0.3 is 15.5 Å². The maximum atomic E-state index is 13.2. The predicted molar refractivity (Wildman–Crippen MR) is 123 cm³/mol. The lowest BCUT2D eigenvalue weighted by atomic mass is 9.90. The summed E-state index contributed by atoms with van der Waals surface area (Å²) in [6, 6.07) is -0.813. The summed E-state index contributed by atoms with van der Waals surface area (Å²) in [5, 5.41) is 28.9. The van der Waals surface area contributed by atoms with Crippen LogP contribution in [0.4, 0.5) is 10.5 Å². The minimum atomic E-state index is -3.68. The van der Waals surface area contributed by atoms with Gasteiger partial charge in [-0.25, -0.2) is 19.1 Å². The number of nitrogens with one attached hydrogen (secondary N) is 1. The highest BCUT2D eigenvalue weighted by Gasteiger charge is 2.36. The van der Waals surface area contributed by atoms with Crippen molar-refractivity contribution in [3.63, 3.8) is 0 Å². The van der Waals surface area contributed by atoms with Crippen LogP contribution in [0.15, 0.2) is 8.57 Å². The number of hydrogen-bond donors (Lipinski definition) is 4. The molecule has 0 bridgehead atoms. The summed E-state index contributed by atoms with van der Waals surface area (Å²) in [6.07, 6.45) is 4.40. The largest absolute Gasteiger partial charge is 0.390 e. The molecule has 2 heterocycles. The Kier molecular flexibility index (Phi) is 5.70. The zero-order valence-electron chi connectivity index (χ0n) is 18.7. The number of pyridine rings is 1. The SMILES string of the molecule is CC(C)(O)c1nc(CO)c(S(N)(=O)=NC(=O)Nc2c3c(nc4c2CCC4(C)C)CCC3)s1. The maximum absolute atomic E-state index is 13.2. The Labute approximate surface area is 191 Å². The lowest BCUT2D eigenvalue weighted by Gasteiger charge is -2.20. The van der Waals surface area contributed by atoms with E-state index >= 15 is 0 Å². The third-order valence-electron chi connectivity index (χ3n) is 6.02. The number of carbonyl (C=O) groups is 1. The molecule has 0 radical (unpaired) electrons. The summed E-state index contributed by atoms with van der Waals surface area (Å²) in [5.41, 5.74) is 3.42. The van der Waals surface area contributed by atoms with Crippen molar-refractivity contribution in [3.8, 4) is 0 Å². The number of carbonyl (C=O) groups excluding carboxylic acids is 1. The van der Waals surface area contributed by atoms with E-state index in [0.717, 1.165) is 71.6 Å². The minimum Gasteiger partial charge on any atom is -0.390 e. The summed E-state index contributed by atoms with van der Waals surface area (Å²) < 4.78 is 17.0. The third kappa shape index (κ3) is 4.08. The van der Waals surface area contributed by atoms with Crippen molar-refractivity contribution in [2.45, 2.75) is 81.6 Å². The van der Waals surface area contributed by atoms with Crippen LogP contribution in [0.1, 0.15) is 73.8 Å². The highest BCUT2D eigenvalue weighted by atomic mass is 32.2. The van der Waals surface area contributed by atoms with Crippen molar-refractivity contribution in [3.05, 3.63) is 33.2 Å². The van der Waals surface area contributed by atoms with E-state index in [-0.39, 0.29) is 20.3 Å². The van der Waals surface area contributed by atoms with Gasteiger partial charge in [-0.15, -0.1) is 15.7 Å². The van der Waals surface area contributed by atoms with Crippen molar-refractivity contribution in [2.24, 2.45) is 9.50 Å². The lowest BCUT2D eigenvalue weighted by Crippen LogP contribution is -2.20. The number of aliphatic hydroxyl groups is 2. The van der Waals surface area contributed by atoms with Crippen LogP contribution in [0.25, 0.3) is 0 Å². The van der Waals surface area contributed by atoms with Crippen molar-refractivity contribution >= 4 is 33.0 Å². The molecule has 0 saturated carbocycles. The second kappa shape index (κ2) is 7.84. The van der Waals surface area contributed by atoms with Gasteiger partial charge in [0.15, 0.2) is 9.92 Å². The molecule has 9 nitrogen and oxygen atoms in total. The van der Waals surface area contributed by atoms with Crippen molar-refractivity contribution < 1.29 is 19.2 Å². The van der Waals surface area contributed by atoms with E-state index in [2.05, 4.69) is 28.5 Å².